The lowest BCUT2D eigenvalue weighted by molar-refractivity contribution is 0.0122. The smallest absolute Gasteiger partial charge is 0.0589 e. The SMILES string of the molecule is CCCNC1CCOCC1CN(CCCOC)CCOC. The fraction of sp³-hybridized carbons (Fsp3) is 1.00. The molecule has 0 radical (unpaired) electrons. The zero-order chi connectivity index (χ0) is 15.3. The Bertz CT molecular complexity index is 242. The lowest BCUT2D eigenvalue weighted by Gasteiger charge is -2.36. The molecule has 21 heavy (non-hydrogen) atoms. The predicted molar refractivity (Wildman–Crippen MR) is 85.8 cm³/mol. The van der Waals surface area contributed by atoms with Gasteiger partial charge in [-0.1, -0.05) is 6.92 Å². The number of nitrogens with one attached hydrogen (secondary N) is 1. The number of methoxy groups -OCH3 is 2. The molecule has 0 aromatic rings. The number of ether oxygens (including phenoxy) is 3. The molecule has 1 aliphatic rings. The van der Waals surface area contributed by atoms with Gasteiger partial charge in [0.15, 0.2) is 0 Å². The number of hydrogen-bond donors (Lipinski definition) is 1. The Morgan fingerprint density at radius 2 is 2.00 bits per heavy atom. The maximum absolute atomic E-state index is 5.70. The molecule has 0 spiro atoms. The molecule has 0 bridgehead atoms. The first kappa shape index (κ1) is 18.8. The second-order valence-corrected chi connectivity index (χ2v) is 5.82. The largest absolute Gasteiger partial charge is 0.385 e. The van der Waals surface area contributed by atoms with Crippen molar-refractivity contribution >= 4 is 0 Å². The van der Waals surface area contributed by atoms with Crippen molar-refractivity contribution in [3.8, 4) is 0 Å². The van der Waals surface area contributed by atoms with Crippen LogP contribution in [0.2, 0.25) is 0 Å². The predicted octanol–water partition coefficient (Wildman–Crippen LogP) is 1.38. The van der Waals surface area contributed by atoms with Crippen LogP contribution in [0.5, 0.6) is 0 Å². The van der Waals surface area contributed by atoms with E-state index in [0.29, 0.717) is 12.0 Å². The summed E-state index contributed by atoms with van der Waals surface area (Å²) in [6.07, 6.45) is 3.38. The third kappa shape index (κ3) is 8.12. The number of hydrogen-bond acceptors (Lipinski definition) is 5. The highest BCUT2D eigenvalue weighted by atomic mass is 16.5. The second kappa shape index (κ2) is 12.4. The van der Waals surface area contributed by atoms with E-state index in [1.807, 2.05) is 0 Å². The molecule has 5 nitrogen and oxygen atoms in total. The maximum Gasteiger partial charge on any atom is 0.0589 e. The van der Waals surface area contributed by atoms with Gasteiger partial charge in [-0.2, -0.15) is 0 Å². The summed E-state index contributed by atoms with van der Waals surface area (Å²) in [7, 11) is 3.53. The molecule has 0 aromatic carbocycles. The Kier molecular flexibility index (Phi) is 11.1. The van der Waals surface area contributed by atoms with E-state index < -0.39 is 0 Å². The minimum absolute atomic E-state index is 0.574. The Hall–Kier alpha value is -0.200. The van der Waals surface area contributed by atoms with Crippen LogP contribution in [0, 0.1) is 5.92 Å². The molecule has 2 unspecified atom stereocenters. The van der Waals surface area contributed by atoms with Crippen molar-refractivity contribution in [2.75, 3.05) is 66.8 Å². The van der Waals surface area contributed by atoms with Crippen LogP contribution in [0.1, 0.15) is 26.2 Å². The first-order valence-electron chi connectivity index (χ1n) is 8.33. The van der Waals surface area contributed by atoms with E-state index in [1.54, 1.807) is 14.2 Å². The van der Waals surface area contributed by atoms with Gasteiger partial charge in [0.05, 0.1) is 13.2 Å². The van der Waals surface area contributed by atoms with E-state index in [9.17, 15) is 0 Å². The van der Waals surface area contributed by atoms with Crippen LogP contribution in [0.25, 0.3) is 0 Å². The summed E-state index contributed by atoms with van der Waals surface area (Å²) in [5, 5.41) is 3.69. The van der Waals surface area contributed by atoms with E-state index in [-0.39, 0.29) is 0 Å². The summed E-state index contributed by atoms with van der Waals surface area (Å²) in [5.74, 6) is 0.574. The van der Waals surface area contributed by atoms with Crippen molar-refractivity contribution < 1.29 is 14.2 Å². The van der Waals surface area contributed by atoms with Crippen molar-refractivity contribution in [2.45, 2.75) is 32.2 Å². The van der Waals surface area contributed by atoms with Crippen LogP contribution < -0.4 is 5.32 Å². The molecule has 126 valence electrons. The Morgan fingerprint density at radius 3 is 2.71 bits per heavy atom. The lowest BCUT2D eigenvalue weighted by Crippen LogP contribution is -2.48. The molecule has 1 fully saturated rings. The van der Waals surface area contributed by atoms with Crippen LogP contribution >= 0.6 is 0 Å². The topological polar surface area (TPSA) is 43.0 Å². The monoisotopic (exact) mass is 302 g/mol. The molecule has 5 heteroatoms. The van der Waals surface area contributed by atoms with Crippen LogP contribution in [-0.4, -0.2) is 77.8 Å². The van der Waals surface area contributed by atoms with Crippen molar-refractivity contribution in [1.82, 2.24) is 10.2 Å². The summed E-state index contributed by atoms with van der Waals surface area (Å²) in [6.45, 7) is 9.81. The second-order valence-electron chi connectivity index (χ2n) is 5.82. The van der Waals surface area contributed by atoms with Crippen LogP contribution in [0.15, 0.2) is 0 Å². The molecule has 0 amide bonds. The molecule has 1 saturated heterocycles. The highest BCUT2D eigenvalue weighted by Crippen LogP contribution is 2.16. The normalized spacial score (nSPS) is 22.9. The molecule has 0 aliphatic carbocycles. The maximum atomic E-state index is 5.70. The quantitative estimate of drug-likeness (QED) is 0.552. The molecule has 1 heterocycles. The molecular weight excluding hydrogens is 268 g/mol. The van der Waals surface area contributed by atoms with Gasteiger partial charge >= 0.3 is 0 Å². The molecular formula is C16H34N2O3. The average molecular weight is 302 g/mol. The van der Waals surface area contributed by atoms with Gasteiger partial charge in [0, 0.05) is 59.0 Å². The van der Waals surface area contributed by atoms with Gasteiger partial charge in [-0.3, -0.25) is 0 Å². The van der Waals surface area contributed by atoms with Gasteiger partial charge in [-0.25, -0.2) is 0 Å². The van der Waals surface area contributed by atoms with Crippen LogP contribution in [-0.2, 0) is 14.2 Å². The van der Waals surface area contributed by atoms with E-state index in [4.69, 9.17) is 14.2 Å². The van der Waals surface area contributed by atoms with Crippen LogP contribution in [0.3, 0.4) is 0 Å². The average Bonchev–Trinajstić information content (AvgIpc) is 2.51. The third-order valence-electron chi connectivity index (χ3n) is 4.06. The Morgan fingerprint density at radius 1 is 1.19 bits per heavy atom. The standard InChI is InChI=1S/C16H34N2O3/c1-4-7-17-16-6-11-21-14-15(16)13-18(9-12-20-3)8-5-10-19-2/h15-17H,4-14H2,1-3H3. The van der Waals surface area contributed by atoms with Crippen molar-refractivity contribution in [3.63, 3.8) is 0 Å². The summed E-state index contributed by atoms with van der Waals surface area (Å²) in [4.78, 5) is 2.49. The first-order chi connectivity index (χ1) is 10.3. The molecule has 0 aromatic heterocycles. The third-order valence-corrected chi connectivity index (χ3v) is 4.06. The fourth-order valence-corrected chi connectivity index (χ4v) is 2.85. The summed E-state index contributed by atoms with van der Waals surface area (Å²) in [6, 6.07) is 0.589. The summed E-state index contributed by atoms with van der Waals surface area (Å²) >= 11 is 0. The van der Waals surface area contributed by atoms with Crippen molar-refractivity contribution in [1.29, 1.82) is 0 Å². The Balaban J connectivity index is 2.43. The Labute approximate surface area is 130 Å². The fourth-order valence-electron chi connectivity index (χ4n) is 2.85. The van der Waals surface area contributed by atoms with E-state index in [2.05, 4.69) is 17.1 Å². The molecule has 0 saturated carbocycles. The van der Waals surface area contributed by atoms with Crippen molar-refractivity contribution in [2.24, 2.45) is 5.92 Å². The van der Waals surface area contributed by atoms with E-state index in [1.165, 1.54) is 6.42 Å². The van der Waals surface area contributed by atoms with E-state index >= 15 is 0 Å². The van der Waals surface area contributed by atoms with Crippen molar-refractivity contribution in [3.05, 3.63) is 0 Å². The first-order valence-corrected chi connectivity index (χ1v) is 8.33. The van der Waals surface area contributed by atoms with Gasteiger partial charge in [0.1, 0.15) is 0 Å². The van der Waals surface area contributed by atoms with Gasteiger partial charge in [-0.15, -0.1) is 0 Å². The molecule has 1 rings (SSSR count). The highest BCUT2D eigenvalue weighted by Gasteiger charge is 2.26. The zero-order valence-electron chi connectivity index (χ0n) is 14.1. The number of rotatable bonds is 12. The highest BCUT2D eigenvalue weighted by molar-refractivity contribution is 4.82. The molecule has 1 N–H and O–H groups in total. The minimum atomic E-state index is 0.574. The van der Waals surface area contributed by atoms with Gasteiger partial charge in [0.25, 0.3) is 0 Å². The number of nitrogens with zero attached hydrogens (tertiary/aromatic N) is 1. The summed E-state index contributed by atoms with van der Waals surface area (Å²) in [5.41, 5.74) is 0. The molecule has 1 aliphatic heterocycles. The zero-order valence-corrected chi connectivity index (χ0v) is 14.1. The minimum Gasteiger partial charge on any atom is -0.385 e. The van der Waals surface area contributed by atoms with Gasteiger partial charge < -0.3 is 24.4 Å². The molecule has 2 atom stereocenters. The lowest BCUT2D eigenvalue weighted by atomic mass is 9.94. The van der Waals surface area contributed by atoms with Gasteiger partial charge in [0.2, 0.25) is 0 Å². The van der Waals surface area contributed by atoms with E-state index in [0.717, 1.165) is 65.4 Å². The summed E-state index contributed by atoms with van der Waals surface area (Å²) < 4.78 is 16.1. The van der Waals surface area contributed by atoms with Crippen LogP contribution in [0.4, 0.5) is 0 Å². The van der Waals surface area contributed by atoms with Gasteiger partial charge in [-0.05, 0) is 25.8 Å².